The van der Waals surface area contributed by atoms with Gasteiger partial charge in [-0.3, -0.25) is 9.59 Å². The Balaban J connectivity index is 1.92. The van der Waals surface area contributed by atoms with Crippen molar-refractivity contribution in [3.63, 3.8) is 0 Å². The molecule has 1 aliphatic rings. The predicted molar refractivity (Wildman–Crippen MR) is 76.6 cm³/mol. The molecule has 0 radical (unpaired) electrons. The number of hydrogen-bond donors (Lipinski definition) is 2. The zero-order valence-corrected chi connectivity index (χ0v) is 12.1. The number of aliphatic carboxylic acids is 1. The first-order valence-corrected chi connectivity index (χ1v) is 7.30. The summed E-state index contributed by atoms with van der Waals surface area (Å²) in [5.74, 6) is -4.75. The van der Waals surface area contributed by atoms with Gasteiger partial charge in [-0.15, -0.1) is 0 Å². The molecule has 2 rings (SSSR count). The quantitative estimate of drug-likeness (QED) is 0.813. The van der Waals surface area contributed by atoms with Gasteiger partial charge in [0.1, 0.15) is 0 Å². The van der Waals surface area contributed by atoms with E-state index < -0.39 is 36.6 Å². The molecule has 1 atom stereocenters. The van der Waals surface area contributed by atoms with E-state index in [2.05, 4.69) is 5.32 Å². The molecule has 0 aromatic heterocycles. The van der Waals surface area contributed by atoms with Gasteiger partial charge in [-0.25, -0.2) is 8.78 Å². The molecule has 120 valence electrons. The molecule has 1 fully saturated rings. The summed E-state index contributed by atoms with van der Waals surface area (Å²) in [4.78, 5) is 22.7. The van der Waals surface area contributed by atoms with Gasteiger partial charge in [0, 0.05) is 31.2 Å². The lowest BCUT2D eigenvalue weighted by Gasteiger charge is -2.34. The second kappa shape index (κ2) is 6.85. The lowest BCUT2D eigenvalue weighted by Crippen LogP contribution is -2.48. The van der Waals surface area contributed by atoms with Gasteiger partial charge in [-0.05, 0) is 18.4 Å². The molecule has 1 saturated carbocycles. The van der Waals surface area contributed by atoms with Crippen molar-refractivity contribution in [2.75, 3.05) is 0 Å². The van der Waals surface area contributed by atoms with E-state index in [1.54, 1.807) is 0 Å². The molecule has 4 nitrogen and oxygen atoms in total. The standard InChI is InChI=1S/C16H19F2NO3/c17-16(18)9-12(10-16)15(22)19-13(6-7-14(20)21)8-11-4-2-1-3-5-11/h1-5,12-13H,6-10H2,(H,19,22)(H,20,21). The van der Waals surface area contributed by atoms with Crippen LogP contribution in [0.5, 0.6) is 0 Å². The fourth-order valence-corrected chi connectivity index (χ4v) is 2.59. The van der Waals surface area contributed by atoms with Gasteiger partial charge in [-0.2, -0.15) is 0 Å². The topological polar surface area (TPSA) is 66.4 Å². The van der Waals surface area contributed by atoms with E-state index in [1.807, 2.05) is 30.3 Å². The normalized spacial score (nSPS) is 18.3. The summed E-state index contributed by atoms with van der Waals surface area (Å²) in [6, 6.07) is 9.00. The first kappa shape index (κ1) is 16.4. The highest BCUT2D eigenvalue weighted by Gasteiger charge is 2.48. The summed E-state index contributed by atoms with van der Waals surface area (Å²) >= 11 is 0. The van der Waals surface area contributed by atoms with Gasteiger partial charge >= 0.3 is 5.97 Å². The fraction of sp³-hybridized carbons (Fsp3) is 0.500. The Morgan fingerprint density at radius 1 is 1.27 bits per heavy atom. The van der Waals surface area contributed by atoms with Crippen LogP contribution in [0.1, 0.15) is 31.2 Å². The Bertz CT molecular complexity index is 525. The van der Waals surface area contributed by atoms with Crippen LogP contribution in [0.25, 0.3) is 0 Å². The van der Waals surface area contributed by atoms with Crippen LogP contribution in [-0.4, -0.2) is 28.9 Å². The molecular formula is C16H19F2NO3. The largest absolute Gasteiger partial charge is 0.481 e. The van der Waals surface area contributed by atoms with Crippen LogP contribution >= 0.6 is 0 Å². The van der Waals surface area contributed by atoms with E-state index >= 15 is 0 Å². The molecule has 6 heteroatoms. The molecule has 1 aromatic rings. The van der Waals surface area contributed by atoms with Crippen molar-refractivity contribution in [3.8, 4) is 0 Å². The van der Waals surface area contributed by atoms with Gasteiger partial charge in [-0.1, -0.05) is 30.3 Å². The molecule has 0 heterocycles. The monoisotopic (exact) mass is 311 g/mol. The molecule has 22 heavy (non-hydrogen) atoms. The van der Waals surface area contributed by atoms with E-state index in [0.29, 0.717) is 6.42 Å². The van der Waals surface area contributed by atoms with Crippen LogP contribution in [0, 0.1) is 5.92 Å². The Hall–Kier alpha value is -1.98. The molecule has 0 bridgehead atoms. The first-order chi connectivity index (χ1) is 10.4. The maximum Gasteiger partial charge on any atom is 0.303 e. The van der Waals surface area contributed by atoms with Crippen molar-refractivity contribution < 1.29 is 23.5 Å². The van der Waals surface area contributed by atoms with Crippen LogP contribution in [-0.2, 0) is 16.0 Å². The van der Waals surface area contributed by atoms with Crippen LogP contribution in [0.15, 0.2) is 30.3 Å². The number of hydrogen-bond acceptors (Lipinski definition) is 2. The minimum atomic E-state index is -2.74. The SMILES string of the molecule is O=C(O)CCC(Cc1ccccc1)NC(=O)C1CC(F)(F)C1. The van der Waals surface area contributed by atoms with Gasteiger partial charge in [0.2, 0.25) is 11.8 Å². The minimum Gasteiger partial charge on any atom is -0.481 e. The third kappa shape index (κ3) is 4.79. The number of nitrogens with one attached hydrogen (secondary N) is 1. The summed E-state index contributed by atoms with van der Waals surface area (Å²) < 4.78 is 25.7. The summed E-state index contributed by atoms with van der Waals surface area (Å²) in [5.41, 5.74) is 0.970. The van der Waals surface area contributed by atoms with E-state index in [4.69, 9.17) is 5.11 Å². The van der Waals surface area contributed by atoms with Crippen LogP contribution < -0.4 is 5.32 Å². The molecular weight excluding hydrogens is 292 g/mol. The molecule has 1 amide bonds. The number of rotatable bonds is 7. The number of carboxylic acid groups (broad SMARTS) is 1. The zero-order valence-electron chi connectivity index (χ0n) is 12.1. The summed E-state index contributed by atoms with van der Waals surface area (Å²) in [5, 5.41) is 11.5. The van der Waals surface area contributed by atoms with Gasteiger partial charge in [0.15, 0.2) is 0 Å². The second-order valence-corrected chi connectivity index (χ2v) is 5.79. The summed E-state index contributed by atoms with van der Waals surface area (Å²) in [6.07, 6.45) is -0.147. The summed E-state index contributed by atoms with van der Waals surface area (Å²) in [7, 11) is 0. The smallest absolute Gasteiger partial charge is 0.303 e. The molecule has 2 N–H and O–H groups in total. The molecule has 0 saturated heterocycles. The Morgan fingerprint density at radius 2 is 1.91 bits per heavy atom. The highest BCUT2D eigenvalue weighted by Crippen LogP contribution is 2.42. The molecule has 1 unspecified atom stereocenters. The van der Waals surface area contributed by atoms with Gasteiger partial charge in [0.05, 0.1) is 0 Å². The van der Waals surface area contributed by atoms with Crippen LogP contribution in [0.2, 0.25) is 0 Å². The predicted octanol–water partition coefficient (Wildman–Crippen LogP) is 2.62. The highest BCUT2D eigenvalue weighted by molar-refractivity contribution is 5.80. The number of alkyl halides is 2. The first-order valence-electron chi connectivity index (χ1n) is 7.30. The maximum absolute atomic E-state index is 12.8. The van der Waals surface area contributed by atoms with Crippen LogP contribution in [0.4, 0.5) is 8.78 Å². The molecule has 0 aliphatic heterocycles. The third-order valence-corrected chi connectivity index (χ3v) is 3.84. The average molecular weight is 311 g/mol. The fourth-order valence-electron chi connectivity index (χ4n) is 2.59. The van der Waals surface area contributed by atoms with Crippen molar-refractivity contribution in [2.24, 2.45) is 5.92 Å². The highest BCUT2D eigenvalue weighted by atomic mass is 19.3. The number of carboxylic acids is 1. The molecule has 0 spiro atoms. The van der Waals surface area contributed by atoms with Gasteiger partial charge < -0.3 is 10.4 Å². The molecule has 1 aliphatic carbocycles. The third-order valence-electron chi connectivity index (χ3n) is 3.84. The lowest BCUT2D eigenvalue weighted by molar-refractivity contribution is -0.151. The average Bonchev–Trinajstić information content (AvgIpc) is 2.43. The number of carbonyl (C=O) groups is 2. The van der Waals surface area contributed by atoms with Crippen molar-refractivity contribution >= 4 is 11.9 Å². The van der Waals surface area contributed by atoms with Crippen molar-refractivity contribution in [1.29, 1.82) is 0 Å². The van der Waals surface area contributed by atoms with Crippen molar-refractivity contribution in [1.82, 2.24) is 5.32 Å². The van der Waals surface area contributed by atoms with E-state index in [-0.39, 0.29) is 18.9 Å². The zero-order chi connectivity index (χ0) is 16.2. The Morgan fingerprint density at radius 3 is 2.45 bits per heavy atom. The molecule has 1 aromatic carbocycles. The number of halogens is 2. The summed E-state index contributed by atoms with van der Waals surface area (Å²) in [6.45, 7) is 0. The Kier molecular flexibility index (Phi) is 5.11. The number of carbonyl (C=O) groups excluding carboxylic acids is 1. The number of amides is 1. The minimum absolute atomic E-state index is 0.0708. The van der Waals surface area contributed by atoms with E-state index in [0.717, 1.165) is 5.56 Å². The van der Waals surface area contributed by atoms with E-state index in [9.17, 15) is 18.4 Å². The van der Waals surface area contributed by atoms with E-state index in [1.165, 1.54) is 0 Å². The van der Waals surface area contributed by atoms with Crippen molar-refractivity contribution in [2.45, 2.75) is 44.1 Å². The lowest BCUT2D eigenvalue weighted by atomic mass is 9.80. The van der Waals surface area contributed by atoms with Crippen molar-refractivity contribution in [3.05, 3.63) is 35.9 Å². The van der Waals surface area contributed by atoms with Crippen LogP contribution in [0.3, 0.4) is 0 Å². The van der Waals surface area contributed by atoms with Gasteiger partial charge in [0.25, 0.3) is 0 Å². The Labute approximate surface area is 127 Å². The maximum atomic E-state index is 12.8. The number of benzene rings is 1. The second-order valence-electron chi connectivity index (χ2n) is 5.79.